The number of para-hydroxylation sites is 1. The molecule has 2 nitrogen and oxygen atoms in total. The standard InChI is InChI=1S/C15H11BrClFN2/c16-11-7-9(18)5-6-13(11)19-8-14-15(17)10-3-1-2-4-12(10)20-14/h1-7,19-20H,8H2. The van der Waals surface area contributed by atoms with Gasteiger partial charge < -0.3 is 10.3 Å². The summed E-state index contributed by atoms with van der Waals surface area (Å²) in [5.74, 6) is -0.272. The Kier molecular flexibility index (Phi) is 3.68. The average molecular weight is 354 g/mol. The Morgan fingerprint density at radius 3 is 2.75 bits per heavy atom. The van der Waals surface area contributed by atoms with Crippen LogP contribution >= 0.6 is 27.5 Å². The van der Waals surface area contributed by atoms with Crippen molar-refractivity contribution >= 4 is 44.1 Å². The molecule has 3 rings (SSSR count). The number of hydrogen-bond acceptors (Lipinski definition) is 1. The molecule has 5 heteroatoms. The Labute approximate surface area is 129 Å². The first kappa shape index (κ1) is 13.5. The van der Waals surface area contributed by atoms with Crippen LogP contribution in [0, 0.1) is 5.82 Å². The first-order valence-corrected chi connectivity index (χ1v) is 7.26. The van der Waals surface area contributed by atoms with Crippen LogP contribution in [0.25, 0.3) is 10.9 Å². The van der Waals surface area contributed by atoms with E-state index in [0.717, 1.165) is 22.3 Å². The highest BCUT2D eigenvalue weighted by Crippen LogP contribution is 2.29. The lowest BCUT2D eigenvalue weighted by Crippen LogP contribution is -2.01. The molecule has 0 atom stereocenters. The first-order valence-electron chi connectivity index (χ1n) is 6.09. The molecule has 0 unspecified atom stereocenters. The number of aromatic amines is 1. The van der Waals surface area contributed by atoms with E-state index in [-0.39, 0.29) is 5.82 Å². The summed E-state index contributed by atoms with van der Waals surface area (Å²) in [7, 11) is 0. The Bertz CT molecular complexity index is 770. The van der Waals surface area contributed by atoms with Crippen LogP contribution in [0.15, 0.2) is 46.9 Å². The molecule has 20 heavy (non-hydrogen) atoms. The molecule has 2 aromatic carbocycles. The van der Waals surface area contributed by atoms with Gasteiger partial charge in [-0.25, -0.2) is 4.39 Å². The molecule has 0 saturated carbocycles. The van der Waals surface area contributed by atoms with Crippen molar-refractivity contribution in [2.45, 2.75) is 6.54 Å². The highest BCUT2D eigenvalue weighted by molar-refractivity contribution is 9.10. The number of rotatable bonds is 3. The number of anilines is 1. The van der Waals surface area contributed by atoms with Gasteiger partial charge in [0, 0.05) is 21.1 Å². The van der Waals surface area contributed by atoms with E-state index < -0.39 is 0 Å². The van der Waals surface area contributed by atoms with E-state index in [0.29, 0.717) is 16.0 Å². The number of benzene rings is 2. The second-order valence-corrected chi connectivity index (χ2v) is 5.67. The zero-order chi connectivity index (χ0) is 14.1. The minimum atomic E-state index is -0.272. The predicted octanol–water partition coefficient (Wildman–Crippen LogP) is 5.34. The van der Waals surface area contributed by atoms with Crippen LogP contribution in [-0.4, -0.2) is 4.98 Å². The molecule has 0 bridgehead atoms. The van der Waals surface area contributed by atoms with Crippen LogP contribution < -0.4 is 5.32 Å². The van der Waals surface area contributed by atoms with Gasteiger partial charge in [-0.2, -0.15) is 0 Å². The molecule has 0 radical (unpaired) electrons. The van der Waals surface area contributed by atoms with E-state index in [2.05, 4.69) is 26.2 Å². The second-order valence-electron chi connectivity index (χ2n) is 4.44. The highest BCUT2D eigenvalue weighted by atomic mass is 79.9. The molecular weight excluding hydrogens is 343 g/mol. The van der Waals surface area contributed by atoms with Gasteiger partial charge >= 0.3 is 0 Å². The van der Waals surface area contributed by atoms with Gasteiger partial charge in [-0.3, -0.25) is 0 Å². The van der Waals surface area contributed by atoms with Crippen LogP contribution in [0.1, 0.15) is 5.69 Å². The summed E-state index contributed by atoms with van der Waals surface area (Å²) in [5, 5.41) is 4.95. The molecule has 2 N–H and O–H groups in total. The molecule has 0 aliphatic carbocycles. The fourth-order valence-corrected chi connectivity index (χ4v) is 2.87. The maximum absolute atomic E-state index is 13.0. The van der Waals surface area contributed by atoms with Gasteiger partial charge in [0.1, 0.15) is 5.82 Å². The lowest BCUT2D eigenvalue weighted by atomic mass is 10.2. The molecule has 0 saturated heterocycles. The first-order chi connectivity index (χ1) is 9.65. The molecule has 1 aromatic heterocycles. The molecule has 1 heterocycles. The molecule has 102 valence electrons. The number of H-pyrrole nitrogens is 1. The van der Waals surface area contributed by atoms with Crippen molar-refractivity contribution < 1.29 is 4.39 Å². The average Bonchev–Trinajstić information content (AvgIpc) is 2.75. The van der Waals surface area contributed by atoms with Crippen molar-refractivity contribution in [1.82, 2.24) is 4.98 Å². The Balaban J connectivity index is 1.85. The van der Waals surface area contributed by atoms with Gasteiger partial charge in [-0.15, -0.1) is 0 Å². The summed E-state index contributed by atoms with van der Waals surface area (Å²) >= 11 is 9.67. The van der Waals surface area contributed by atoms with Crippen molar-refractivity contribution in [3.05, 3.63) is 63.5 Å². The van der Waals surface area contributed by atoms with Crippen molar-refractivity contribution in [3.63, 3.8) is 0 Å². The normalized spacial score (nSPS) is 10.9. The molecule has 0 spiro atoms. The number of hydrogen-bond donors (Lipinski definition) is 2. The lowest BCUT2D eigenvalue weighted by Gasteiger charge is -2.08. The van der Waals surface area contributed by atoms with Gasteiger partial charge in [0.05, 0.1) is 17.3 Å². The summed E-state index contributed by atoms with van der Waals surface area (Å²) in [4.78, 5) is 3.28. The van der Waals surface area contributed by atoms with Gasteiger partial charge in [0.15, 0.2) is 0 Å². The van der Waals surface area contributed by atoms with E-state index in [1.54, 1.807) is 6.07 Å². The third kappa shape index (κ3) is 2.53. The number of nitrogens with one attached hydrogen (secondary N) is 2. The van der Waals surface area contributed by atoms with Gasteiger partial charge in [0.2, 0.25) is 0 Å². The molecular formula is C15H11BrClFN2. The van der Waals surface area contributed by atoms with E-state index in [4.69, 9.17) is 11.6 Å². The minimum Gasteiger partial charge on any atom is -0.379 e. The van der Waals surface area contributed by atoms with Crippen molar-refractivity contribution in [1.29, 1.82) is 0 Å². The number of fused-ring (bicyclic) bond motifs is 1. The molecule has 0 aliphatic rings. The van der Waals surface area contributed by atoms with Crippen LogP contribution in [0.3, 0.4) is 0 Å². The Morgan fingerprint density at radius 1 is 1.20 bits per heavy atom. The summed E-state index contributed by atoms with van der Waals surface area (Å²) in [6.07, 6.45) is 0. The van der Waals surface area contributed by atoms with Crippen molar-refractivity contribution in [2.24, 2.45) is 0 Å². The Morgan fingerprint density at radius 2 is 2.00 bits per heavy atom. The smallest absolute Gasteiger partial charge is 0.124 e. The quantitative estimate of drug-likeness (QED) is 0.654. The summed E-state index contributed by atoms with van der Waals surface area (Å²) in [5.41, 5.74) is 2.73. The highest BCUT2D eigenvalue weighted by Gasteiger charge is 2.09. The monoisotopic (exact) mass is 352 g/mol. The van der Waals surface area contributed by atoms with E-state index >= 15 is 0 Å². The third-order valence-corrected chi connectivity index (χ3v) is 4.19. The number of halogens is 3. The fraction of sp³-hybridized carbons (Fsp3) is 0.0667. The summed E-state index contributed by atoms with van der Waals surface area (Å²) in [6, 6.07) is 12.4. The fourth-order valence-electron chi connectivity index (χ4n) is 2.10. The lowest BCUT2D eigenvalue weighted by molar-refractivity contribution is 0.627. The topological polar surface area (TPSA) is 27.8 Å². The van der Waals surface area contributed by atoms with Crippen LogP contribution in [0.4, 0.5) is 10.1 Å². The summed E-state index contributed by atoms with van der Waals surface area (Å²) < 4.78 is 13.7. The molecule has 0 aliphatic heterocycles. The molecule has 0 fully saturated rings. The van der Waals surface area contributed by atoms with Gasteiger partial charge in [-0.1, -0.05) is 29.8 Å². The predicted molar refractivity (Wildman–Crippen MR) is 84.7 cm³/mol. The summed E-state index contributed by atoms with van der Waals surface area (Å²) in [6.45, 7) is 0.539. The van der Waals surface area contributed by atoms with Crippen molar-refractivity contribution in [3.8, 4) is 0 Å². The largest absolute Gasteiger partial charge is 0.379 e. The van der Waals surface area contributed by atoms with Crippen LogP contribution in [-0.2, 0) is 6.54 Å². The maximum atomic E-state index is 13.0. The minimum absolute atomic E-state index is 0.272. The zero-order valence-corrected chi connectivity index (χ0v) is 12.7. The van der Waals surface area contributed by atoms with E-state index in [9.17, 15) is 4.39 Å². The number of aromatic nitrogens is 1. The van der Waals surface area contributed by atoms with Gasteiger partial charge in [0.25, 0.3) is 0 Å². The van der Waals surface area contributed by atoms with Crippen LogP contribution in [0.2, 0.25) is 5.02 Å². The van der Waals surface area contributed by atoms with E-state index in [1.807, 2.05) is 24.3 Å². The van der Waals surface area contributed by atoms with Gasteiger partial charge in [-0.05, 0) is 40.2 Å². The zero-order valence-electron chi connectivity index (χ0n) is 10.4. The maximum Gasteiger partial charge on any atom is 0.124 e. The SMILES string of the molecule is Fc1ccc(NCc2[nH]c3ccccc3c2Cl)c(Br)c1. The second kappa shape index (κ2) is 5.46. The molecule has 3 aromatic rings. The Hall–Kier alpha value is -1.52. The van der Waals surface area contributed by atoms with Crippen molar-refractivity contribution in [2.75, 3.05) is 5.32 Å². The molecule has 0 amide bonds. The van der Waals surface area contributed by atoms with E-state index in [1.165, 1.54) is 12.1 Å². The van der Waals surface area contributed by atoms with Crippen LogP contribution in [0.5, 0.6) is 0 Å². The third-order valence-electron chi connectivity index (χ3n) is 3.10.